The number of benzene rings is 1. The first-order valence-corrected chi connectivity index (χ1v) is 10.3. The van der Waals surface area contributed by atoms with Crippen molar-refractivity contribution in [3.05, 3.63) is 66.5 Å². The van der Waals surface area contributed by atoms with Gasteiger partial charge in [0.15, 0.2) is 23.7 Å². The number of oxazole rings is 1. The molecular weight excluding hydrogens is 398 g/mol. The van der Waals surface area contributed by atoms with Crippen molar-refractivity contribution < 1.29 is 22.0 Å². The van der Waals surface area contributed by atoms with Gasteiger partial charge in [-0.25, -0.2) is 13.4 Å². The normalized spacial score (nSPS) is 11.5. The van der Waals surface area contributed by atoms with E-state index in [9.17, 15) is 13.2 Å². The Hall–Kier alpha value is -3.73. The van der Waals surface area contributed by atoms with Gasteiger partial charge in [-0.2, -0.15) is 9.90 Å². The summed E-state index contributed by atoms with van der Waals surface area (Å²) < 4.78 is 33.6. The summed E-state index contributed by atoms with van der Waals surface area (Å²) in [7, 11) is -3.43. The van der Waals surface area contributed by atoms with Gasteiger partial charge in [-0.1, -0.05) is 30.3 Å². The van der Waals surface area contributed by atoms with Gasteiger partial charge in [0.25, 0.3) is 5.91 Å². The highest BCUT2D eigenvalue weighted by Gasteiger charge is 2.19. The molecule has 3 heterocycles. The fraction of sp³-hybridized carbons (Fsp3) is 0.111. The average molecular weight is 413 g/mol. The lowest BCUT2D eigenvalue weighted by Gasteiger charge is -2.01. The third-order valence-electron chi connectivity index (χ3n) is 3.90. The molecule has 0 spiro atoms. The standard InChI is InChI=1S/C18H15N5O5S/c1-29(25,26)15-8-7-13(28-15)10-23-20-9-14(22-23)21-18(24)16-17(27-11-19-16)12-5-3-2-4-6-12/h2-9,11H,10H2,1H3,(H,21,22,24). The summed E-state index contributed by atoms with van der Waals surface area (Å²) in [4.78, 5) is 17.8. The quantitative estimate of drug-likeness (QED) is 0.509. The predicted octanol–water partition coefficient (Wildman–Crippen LogP) is 2.23. The van der Waals surface area contributed by atoms with Crippen molar-refractivity contribution >= 4 is 21.6 Å². The lowest BCUT2D eigenvalue weighted by Crippen LogP contribution is -2.14. The Labute approximate surface area is 165 Å². The molecule has 0 saturated heterocycles. The van der Waals surface area contributed by atoms with Crippen LogP contribution in [0.15, 0.2) is 69.0 Å². The molecule has 148 valence electrons. The van der Waals surface area contributed by atoms with E-state index in [0.29, 0.717) is 11.5 Å². The van der Waals surface area contributed by atoms with Gasteiger partial charge < -0.3 is 14.2 Å². The molecule has 4 aromatic rings. The van der Waals surface area contributed by atoms with Gasteiger partial charge in [0.2, 0.25) is 14.9 Å². The van der Waals surface area contributed by atoms with Crippen molar-refractivity contribution in [2.24, 2.45) is 0 Å². The fourth-order valence-corrected chi connectivity index (χ4v) is 3.16. The maximum absolute atomic E-state index is 12.6. The average Bonchev–Trinajstić information content (AvgIpc) is 3.42. The highest BCUT2D eigenvalue weighted by Crippen LogP contribution is 2.23. The molecular formula is C18H15N5O5S. The maximum atomic E-state index is 12.6. The molecule has 29 heavy (non-hydrogen) atoms. The van der Waals surface area contributed by atoms with Crippen LogP contribution in [0.4, 0.5) is 5.82 Å². The van der Waals surface area contributed by atoms with Gasteiger partial charge in [-0.15, -0.1) is 5.10 Å². The van der Waals surface area contributed by atoms with Crippen LogP contribution in [-0.4, -0.2) is 40.6 Å². The van der Waals surface area contributed by atoms with Crippen LogP contribution < -0.4 is 5.32 Å². The smallest absolute Gasteiger partial charge is 0.279 e. The molecule has 0 atom stereocenters. The monoisotopic (exact) mass is 413 g/mol. The number of carbonyl (C=O) groups is 1. The summed E-state index contributed by atoms with van der Waals surface area (Å²) in [5, 5.41) is 10.6. The number of sulfone groups is 1. The van der Waals surface area contributed by atoms with E-state index in [0.717, 1.165) is 11.8 Å². The number of anilines is 1. The summed E-state index contributed by atoms with van der Waals surface area (Å²) in [5.74, 6) is 0.412. The third-order valence-corrected chi connectivity index (χ3v) is 4.85. The molecule has 3 aromatic heterocycles. The third kappa shape index (κ3) is 4.09. The Morgan fingerprint density at radius 2 is 1.97 bits per heavy atom. The van der Waals surface area contributed by atoms with Gasteiger partial charge in [-0.05, 0) is 12.1 Å². The van der Waals surface area contributed by atoms with E-state index in [4.69, 9.17) is 8.83 Å². The van der Waals surface area contributed by atoms with Gasteiger partial charge >= 0.3 is 0 Å². The SMILES string of the molecule is CS(=O)(=O)c1ccc(Cn2ncc(NC(=O)c3ncoc3-c3ccccc3)n2)o1. The van der Waals surface area contributed by atoms with Crippen molar-refractivity contribution in [1.82, 2.24) is 20.0 Å². The van der Waals surface area contributed by atoms with Crippen LogP contribution in [0.1, 0.15) is 16.2 Å². The minimum absolute atomic E-state index is 0.102. The number of nitrogens with zero attached hydrogens (tertiary/aromatic N) is 4. The number of rotatable bonds is 6. The minimum Gasteiger partial charge on any atom is -0.448 e. The number of nitrogens with one attached hydrogen (secondary N) is 1. The Kier molecular flexibility index (Phi) is 4.72. The second kappa shape index (κ2) is 7.36. The molecule has 0 saturated carbocycles. The molecule has 0 aliphatic rings. The number of carbonyl (C=O) groups excluding carboxylic acids is 1. The highest BCUT2D eigenvalue weighted by molar-refractivity contribution is 7.90. The number of amides is 1. The van der Waals surface area contributed by atoms with E-state index in [-0.39, 0.29) is 23.1 Å². The van der Waals surface area contributed by atoms with Crippen LogP contribution in [0.5, 0.6) is 0 Å². The molecule has 0 radical (unpaired) electrons. The Balaban J connectivity index is 1.47. The molecule has 10 nitrogen and oxygen atoms in total. The topological polar surface area (TPSA) is 133 Å². The molecule has 1 aromatic carbocycles. The number of furan rings is 1. The van der Waals surface area contributed by atoms with Crippen molar-refractivity contribution in [3.8, 4) is 11.3 Å². The zero-order chi connectivity index (χ0) is 20.4. The van der Waals surface area contributed by atoms with E-state index in [1.54, 1.807) is 0 Å². The van der Waals surface area contributed by atoms with Crippen molar-refractivity contribution in [1.29, 1.82) is 0 Å². The first-order valence-electron chi connectivity index (χ1n) is 8.39. The van der Waals surface area contributed by atoms with Crippen LogP contribution >= 0.6 is 0 Å². The predicted molar refractivity (Wildman–Crippen MR) is 101 cm³/mol. The van der Waals surface area contributed by atoms with E-state index in [1.165, 1.54) is 29.5 Å². The summed E-state index contributed by atoms with van der Waals surface area (Å²) in [6, 6.07) is 12.0. The molecule has 0 bridgehead atoms. The van der Waals surface area contributed by atoms with Gasteiger partial charge in [-0.3, -0.25) is 4.79 Å². The Morgan fingerprint density at radius 3 is 2.69 bits per heavy atom. The van der Waals surface area contributed by atoms with Crippen molar-refractivity contribution in [3.63, 3.8) is 0 Å². The lowest BCUT2D eigenvalue weighted by atomic mass is 10.1. The van der Waals surface area contributed by atoms with Crippen molar-refractivity contribution in [2.75, 3.05) is 11.6 Å². The van der Waals surface area contributed by atoms with Gasteiger partial charge in [0, 0.05) is 11.8 Å². The number of hydrogen-bond acceptors (Lipinski definition) is 8. The van der Waals surface area contributed by atoms with Crippen LogP contribution in [0, 0.1) is 0 Å². The summed E-state index contributed by atoms with van der Waals surface area (Å²) in [5.41, 5.74) is 0.841. The summed E-state index contributed by atoms with van der Waals surface area (Å²) in [6.45, 7) is 0.102. The van der Waals surface area contributed by atoms with Crippen LogP contribution in [0.25, 0.3) is 11.3 Å². The second-order valence-electron chi connectivity index (χ2n) is 6.10. The molecule has 1 amide bonds. The molecule has 0 aliphatic heterocycles. The summed E-state index contributed by atoms with van der Waals surface area (Å²) in [6.07, 6.45) is 3.62. The summed E-state index contributed by atoms with van der Waals surface area (Å²) >= 11 is 0. The van der Waals surface area contributed by atoms with Gasteiger partial charge in [0.05, 0.1) is 6.20 Å². The highest BCUT2D eigenvalue weighted by atomic mass is 32.2. The van der Waals surface area contributed by atoms with E-state index in [2.05, 4.69) is 20.5 Å². The lowest BCUT2D eigenvalue weighted by molar-refractivity contribution is 0.102. The molecule has 0 unspecified atom stereocenters. The first-order chi connectivity index (χ1) is 13.9. The first kappa shape index (κ1) is 18.6. The minimum atomic E-state index is -3.43. The maximum Gasteiger partial charge on any atom is 0.279 e. The largest absolute Gasteiger partial charge is 0.448 e. The van der Waals surface area contributed by atoms with Crippen LogP contribution in [0.3, 0.4) is 0 Å². The Bertz CT molecular complexity index is 1260. The molecule has 1 N–H and O–H groups in total. The zero-order valence-electron chi connectivity index (χ0n) is 15.1. The molecule has 0 aliphatic carbocycles. The van der Waals surface area contributed by atoms with E-state index >= 15 is 0 Å². The molecule has 4 rings (SSSR count). The molecule has 0 fully saturated rings. The van der Waals surface area contributed by atoms with Crippen molar-refractivity contribution in [2.45, 2.75) is 11.6 Å². The van der Waals surface area contributed by atoms with Crippen LogP contribution in [0.2, 0.25) is 0 Å². The number of aromatic nitrogens is 4. The molecule has 11 heteroatoms. The second-order valence-corrected chi connectivity index (χ2v) is 8.05. The zero-order valence-corrected chi connectivity index (χ0v) is 16.0. The fourth-order valence-electron chi connectivity index (χ4n) is 2.59. The van der Waals surface area contributed by atoms with Crippen LogP contribution in [-0.2, 0) is 16.4 Å². The van der Waals surface area contributed by atoms with Gasteiger partial charge in [0.1, 0.15) is 12.3 Å². The Morgan fingerprint density at radius 1 is 1.17 bits per heavy atom. The number of hydrogen-bond donors (Lipinski definition) is 1. The van der Waals surface area contributed by atoms with E-state index in [1.807, 2.05) is 30.3 Å². The van der Waals surface area contributed by atoms with E-state index < -0.39 is 15.7 Å².